The van der Waals surface area contributed by atoms with Crippen molar-refractivity contribution in [2.45, 2.75) is 19.4 Å². The molecule has 1 atom stereocenters. The van der Waals surface area contributed by atoms with Crippen LogP contribution in [-0.2, 0) is 14.8 Å². The van der Waals surface area contributed by atoms with Crippen molar-refractivity contribution in [3.8, 4) is 0 Å². The van der Waals surface area contributed by atoms with Gasteiger partial charge in [0.15, 0.2) is 0 Å². The largest absolute Gasteiger partial charge is 0.480 e. The van der Waals surface area contributed by atoms with Gasteiger partial charge >= 0.3 is 5.97 Å². The fourth-order valence-corrected chi connectivity index (χ4v) is 2.84. The lowest BCUT2D eigenvalue weighted by Crippen LogP contribution is -2.44. The summed E-state index contributed by atoms with van der Waals surface area (Å²) in [5.74, 6) is -1.76. The summed E-state index contributed by atoms with van der Waals surface area (Å²) in [6.07, 6.45) is 1.03. The van der Waals surface area contributed by atoms with E-state index in [4.69, 9.17) is 5.11 Å². The molecule has 1 N–H and O–H groups in total. The van der Waals surface area contributed by atoms with Gasteiger partial charge in [-0.3, -0.25) is 4.31 Å². The highest BCUT2D eigenvalue weighted by molar-refractivity contribution is 7.92. The average Bonchev–Trinajstić information content (AvgIpc) is 2.25. The SMILES string of the molecule is CC[C@H](C(=O)O)N(c1ccc(F)cc1)S(C)(=O)=O. The Hall–Kier alpha value is -1.63. The van der Waals surface area contributed by atoms with Crippen molar-refractivity contribution in [3.05, 3.63) is 30.1 Å². The Morgan fingerprint density at radius 2 is 1.89 bits per heavy atom. The predicted octanol–water partition coefficient (Wildman–Crippen LogP) is 1.45. The normalized spacial score (nSPS) is 13.1. The first-order valence-electron chi connectivity index (χ1n) is 5.25. The summed E-state index contributed by atoms with van der Waals surface area (Å²) >= 11 is 0. The van der Waals surface area contributed by atoms with Gasteiger partial charge in [0.2, 0.25) is 10.0 Å². The van der Waals surface area contributed by atoms with E-state index < -0.39 is 27.9 Å². The number of carbonyl (C=O) groups is 1. The van der Waals surface area contributed by atoms with Crippen molar-refractivity contribution in [2.75, 3.05) is 10.6 Å². The zero-order valence-electron chi connectivity index (χ0n) is 10.00. The summed E-state index contributed by atoms with van der Waals surface area (Å²) in [6, 6.07) is 3.44. The zero-order chi connectivity index (χ0) is 13.9. The smallest absolute Gasteiger partial charge is 0.327 e. The van der Waals surface area contributed by atoms with E-state index in [1.54, 1.807) is 6.92 Å². The number of aliphatic carboxylic acids is 1. The van der Waals surface area contributed by atoms with Gasteiger partial charge in [0.25, 0.3) is 0 Å². The summed E-state index contributed by atoms with van der Waals surface area (Å²) < 4.78 is 37.0. The molecule has 0 aliphatic carbocycles. The number of rotatable bonds is 5. The van der Waals surface area contributed by atoms with E-state index in [0.717, 1.165) is 22.7 Å². The maximum Gasteiger partial charge on any atom is 0.327 e. The lowest BCUT2D eigenvalue weighted by atomic mass is 10.2. The molecule has 0 saturated carbocycles. The zero-order valence-corrected chi connectivity index (χ0v) is 10.8. The fraction of sp³-hybridized carbons (Fsp3) is 0.364. The highest BCUT2D eigenvalue weighted by atomic mass is 32.2. The molecule has 0 unspecified atom stereocenters. The standard InChI is InChI=1S/C11H14FNO4S/c1-3-10(11(14)15)13(18(2,16)17)9-6-4-8(12)5-7-9/h4-7,10H,3H2,1-2H3,(H,14,15)/t10-/m1/s1. The molecule has 0 heterocycles. The van der Waals surface area contributed by atoms with Crippen LogP contribution in [0.3, 0.4) is 0 Å². The molecule has 0 amide bonds. The molecular formula is C11H14FNO4S. The lowest BCUT2D eigenvalue weighted by Gasteiger charge is -2.27. The average molecular weight is 275 g/mol. The van der Waals surface area contributed by atoms with E-state index in [1.165, 1.54) is 12.1 Å². The molecule has 0 fully saturated rings. The van der Waals surface area contributed by atoms with Crippen molar-refractivity contribution in [2.24, 2.45) is 0 Å². The third kappa shape index (κ3) is 3.19. The first kappa shape index (κ1) is 14.4. The molecule has 0 bridgehead atoms. The van der Waals surface area contributed by atoms with Gasteiger partial charge in [0, 0.05) is 0 Å². The van der Waals surface area contributed by atoms with Gasteiger partial charge in [-0.25, -0.2) is 17.6 Å². The summed E-state index contributed by atoms with van der Waals surface area (Å²) in [4.78, 5) is 11.1. The number of carboxylic acids is 1. The summed E-state index contributed by atoms with van der Waals surface area (Å²) in [5, 5.41) is 9.04. The molecule has 1 aromatic carbocycles. The minimum absolute atomic E-state index is 0.111. The maximum absolute atomic E-state index is 12.8. The third-order valence-corrected chi connectivity index (χ3v) is 3.57. The summed E-state index contributed by atoms with van der Waals surface area (Å²) in [7, 11) is -3.76. The molecule has 0 saturated heterocycles. The van der Waals surface area contributed by atoms with Crippen LogP contribution in [0, 0.1) is 5.82 Å². The van der Waals surface area contributed by atoms with E-state index in [2.05, 4.69) is 0 Å². The quantitative estimate of drug-likeness (QED) is 0.882. The van der Waals surface area contributed by atoms with E-state index in [0.29, 0.717) is 0 Å². The molecule has 0 spiro atoms. The van der Waals surface area contributed by atoms with Crippen LogP contribution in [0.25, 0.3) is 0 Å². The van der Waals surface area contributed by atoms with E-state index >= 15 is 0 Å². The Bertz CT molecular complexity index is 526. The number of anilines is 1. The first-order valence-corrected chi connectivity index (χ1v) is 7.10. The number of benzene rings is 1. The number of halogens is 1. The molecule has 5 nitrogen and oxygen atoms in total. The number of hydrogen-bond donors (Lipinski definition) is 1. The molecule has 0 aromatic heterocycles. The van der Waals surface area contributed by atoms with Crippen molar-refractivity contribution in [1.29, 1.82) is 0 Å². The third-order valence-electron chi connectivity index (χ3n) is 2.39. The van der Waals surface area contributed by atoms with E-state index in [9.17, 15) is 17.6 Å². The molecule has 0 radical (unpaired) electrons. The molecule has 0 aliphatic rings. The highest BCUT2D eigenvalue weighted by Crippen LogP contribution is 2.22. The van der Waals surface area contributed by atoms with Gasteiger partial charge in [0.05, 0.1) is 11.9 Å². The van der Waals surface area contributed by atoms with Crippen LogP contribution < -0.4 is 4.31 Å². The first-order chi connectivity index (χ1) is 8.27. The highest BCUT2D eigenvalue weighted by Gasteiger charge is 2.31. The summed E-state index contributed by atoms with van der Waals surface area (Å²) in [5.41, 5.74) is 0.133. The Kier molecular flexibility index (Phi) is 4.28. The number of carboxylic acid groups (broad SMARTS) is 1. The minimum Gasteiger partial charge on any atom is -0.480 e. The van der Waals surface area contributed by atoms with Gasteiger partial charge in [-0.1, -0.05) is 6.92 Å². The second-order valence-electron chi connectivity index (χ2n) is 3.80. The lowest BCUT2D eigenvalue weighted by molar-refractivity contribution is -0.138. The maximum atomic E-state index is 12.8. The minimum atomic E-state index is -3.76. The fourth-order valence-electron chi connectivity index (χ4n) is 1.63. The number of hydrogen-bond acceptors (Lipinski definition) is 3. The van der Waals surface area contributed by atoms with Crippen LogP contribution in [0.4, 0.5) is 10.1 Å². The second-order valence-corrected chi connectivity index (χ2v) is 5.66. The molecule has 1 aromatic rings. The van der Waals surface area contributed by atoms with Gasteiger partial charge in [0.1, 0.15) is 11.9 Å². The van der Waals surface area contributed by atoms with Gasteiger partial charge in [-0.2, -0.15) is 0 Å². The Morgan fingerprint density at radius 1 is 1.39 bits per heavy atom. The molecule has 18 heavy (non-hydrogen) atoms. The van der Waals surface area contributed by atoms with Gasteiger partial charge < -0.3 is 5.11 Å². The Morgan fingerprint density at radius 3 is 2.22 bits per heavy atom. The van der Waals surface area contributed by atoms with Crippen LogP contribution in [0.15, 0.2) is 24.3 Å². The van der Waals surface area contributed by atoms with Crippen LogP contribution in [0.1, 0.15) is 13.3 Å². The molecule has 100 valence electrons. The van der Waals surface area contributed by atoms with Crippen molar-refractivity contribution < 1.29 is 22.7 Å². The van der Waals surface area contributed by atoms with Crippen molar-refractivity contribution in [1.82, 2.24) is 0 Å². The van der Waals surface area contributed by atoms with Crippen LogP contribution in [0.5, 0.6) is 0 Å². The number of sulfonamides is 1. The monoisotopic (exact) mass is 275 g/mol. The van der Waals surface area contributed by atoms with Crippen LogP contribution >= 0.6 is 0 Å². The second kappa shape index (κ2) is 5.34. The van der Waals surface area contributed by atoms with E-state index in [-0.39, 0.29) is 12.1 Å². The van der Waals surface area contributed by atoms with Gasteiger partial charge in [-0.05, 0) is 30.7 Å². The van der Waals surface area contributed by atoms with Gasteiger partial charge in [-0.15, -0.1) is 0 Å². The van der Waals surface area contributed by atoms with Crippen molar-refractivity contribution >= 4 is 21.7 Å². The van der Waals surface area contributed by atoms with Crippen molar-refractivity contribution in [3.63, 3.8) is 0 Å². The van der Waals surface area contributed by atoms with E-state index in [1.807, 2.05) is 0 Å². The van der Waals surface area contributed by atoms with Crippen LogP contribution in [-0.4, -0.2) is 31.8 Å². The molecule has 0 aliphatic heterocycles. The molecule has 1 rings (SSSR count). The summed E-state index contributed by atoms with van der Waals surface area (Å²) in [6.45, 7) is 1.57. The topological polar surface area (TPSA) is 74.7 Å². The molecule has 7 heteroatoms. The number of nitrogens with zero attached hydrogens (tertiary/aromatic N) is 1. The predicted molar refractivity (Wildman–Crippen MR) is 65.4 cm³/mol. The van der Waals surface area contributed by atoms with Crippen LogP contribution in [0.2, 0.25) is 0 Å². The Balaban J connectivity index is 3.30. The molecular weight excluding hydrogens is 261 g/mol. The Labute approximate surface area is 105 Å².